The molecule has 0 amide bonds. The summed E-state index contributed by atoms with van der Waals surface area (Å²) in [7, 11) is 0. The third-order valence-electron chi connectivity index (χ3n) is 5.93. The van der Waals surface area contributed by atoms with E-state index in [4.69, 9.17) is 4.74 Å². The average Bonchev–Trinajstić information content (AvgIpc) is 2.68. The van der Waals surface area contributed by atoms with Gasteiger partial charge >= 0.3 is 0 Å². The lowest BCUT2D eigenvalue weighted by Gasteiger charge is -2.17. The second-order valence-electron chi connectivity index (χ2n) is 8.82. The predicted octanol–water partition coefficient (Wildman–Crippen LogP) is 9.48. The fourth-order valence-corrected chi connectivity index (χ4v) is 3.97. The molecule has 0 heterocycles. The van der Waals surface area contributed by atoms with Crippen molar-refractivity contribution in [2.45, 2.75) is 149 Å². The average molecular weight is 383 g/mol. The van der Waals surface area contributed by atoms with Crippen molar-refractivity contribution in [3.8, 4) is 0 Å². The van der Waals surface area contributed by atoms with E-state index in [0.717, 1.165) is 19.1 Å². The van der Waals surface area contributed by atoms with E-state index in [1.165, 1.54) is 128 Å². The summed E-state index contributed by atoms with van der Waals surface area (Å²) in [5.74, 6) is 0.821. The first-order valence-electron chi connectivity index (χ1n) is 12.9. The monoisotopic (exact) mass is 382 g/mol. The highest BCUT2D eigenvalue weighted by atomic mass is 16.5. The van der Waals surface area contributed by atoms with Gasteiger partial charge in [0.15, 0.2) is 0 Å². The smallest absolute Gasteiger partial charge is 0.0494 e. The summed E-state index contributed by atoms with van der Waals surface area (Å²) < 4.78 is 6.09. The Morgan fingerprint density at radius 2 is 0.815 bits per heavy atom. The van der Waals surface area contributed by atoms with Crippen molar-refractivity contribution in [2.75, 3.05) is 13.2 Å². The fraction of sp³-hybridized carbons (Fsp3) is 1.00. The first kappa shape index (κ1) is 27.0. The van der Waals surface area contributed by atoms with Gasteiger partial charge in [0, 0.05) is 13.2 Å². The molecule has 27 heavy (non-hydrogen) atoms. The van der Waals surface area contributed by atoms with Crippen molar-refractivity contribution < 1.29 is 4.74 Å². The maximum absolute atomic E-state index is 6.09. The van der Waals surface area contributed by atoms with Gasteiger partial charge in [-0.1, -0.05) is 130 Å². The molecule has 164 valence electrons. The van der Waals surface area contributed by atoms with Crippen molar-refractivity contribution >= 4 is 0 Å². The Bertz CT molecular complexity index is 251. The molecule has 0 saturated carbocycles. The minimum atomic E-state index is 0.821. The van der Waals surface area contributed by atoms with Crippen molar-refractivity contribution in [2.24, 2.45) is 5.92 Å². The lowest BCUT2D eigenvalue weighted by molar-refractivity contribution is 0.0878. The molecule has 0 rings (SSSR count). The molecule has 0 bridgehead atoms. The molecule has 1 nitrogen and oxygen atoms in total. The number of hydrogen-bond donors (Lipinski definition) is 0. The summed E-state index contributed by atoms with van der Waals surface area (Å²) in [6.07, 6.45) is 28.0. The van der Waals surface area contributed by atoms with E-state index in [2.05, 4.69) is 20.8 Å². The SMILES string of the molecule is CCCCCCCCCCOCC(CCCCCC)CCCCCCCC. The van der Waals surface area contributed by atoms with Crippen LogP contribution in [-0.2, 0) is 4.74 Å². The molecule has 0 N–H and O–H groups in total. The van der Waals surface area contributed by atoms with Gasteiger partial charge in [-0.2, -0.15) is 0 Å². The van der Waals surface area contributed by atoms with Crippen LogP contribution in [0.5, 0.6) is 0 Å². The Hall–Kier alpha value is -0.0400. The normalized spacial score (nSPS) is 12.6. The molecule has 1 unspecified atom stereocenters. The molecule has 0 aromatic heterocycles. The van der Waals surface area contributed by atoms with E-state index >= 15 is 0 Å². The van der Waals surface area contributed by atoms with Gasteiger partial charge in [-0.25, -0.2) is 0 Å². The maximum Gasteiger partial charge on any atom is 0.0494 e. The van der Waals surface area contributed by atoms with E-state index < -0.39 is 0 Å². The zero-order valence-electron chi connectivity index (χ0n) is 19.5. The van der Waals surface area contributed by atoms with Gasteiger partial charge in [0.1, 0.15) is 0 Å². The molecule has 0 aromatic carbocycles. The molecule has 0 fully saturated rings. The van der Waals surface area contributed by atoms with E-state index in [9.17, 15) is 0 Å². The molecule has 0 saturated heterocycles. The van der Waals surface area contributed by atoms with Gasteiger partial charge in [-0.3, -0.25) is 0 Å². The highest BCUT2D eigenvalue weighted by Crippen LogP contribution is 2.19. The lowest BCUT2D eigenvalue weighted by atomic mass is 9.95. The number of unbranched alkanes of at least 4 members (excludes halogenated alkanes) is 15. The molecular weight excluding hydrogens is 328 g/mol. The molecular formula is C26H54O. The number of rotatable bonds is 23. The molecule has 1 atom stereocenters. The molecule has 0 radical (unpaired) electrons. The van der Waals surface area contributed by atoms with Crippen LogP contribution in [0.2, 0.25) is 0 Å². The molecule has 0 aromatic rings. The van der Waals surface area contributed by atoms with Crippen LogP contribution in [0.1, 0.15) is 149 Å². The summed E-state index contributed by atoms with van der Waals surface area (Å²) in [6.45, 7) is 8.92. The lowest BCUT2D eigenvalue weighted by Crippen LogP contribution is -2.11. The standard InChI is InChI=1S/C26H54O/c1-4-7-10-13-15-16-18-21-24-27-25-26(22-19-12-9-6-3)23-20-17-14-11-8-5-2/h26H,4-25H2,1-3H3. The van der Waals surface area contributed by atoms with Gasteiger partial charge in [-0.15, -0.1) is 0 Å². The Morgan fingerprint density at radius 1 is 0.444 bits per heavy atom. The molecule has 0 aliphatic heterocycles. The Kier molecular flexibility index (Phi) is 24.0. The Labute approximate surface area is 173 Å². The number of hydrogen-bond acceptors (Lipinski definition) is 1. The zero-order valence-corrected chi connectivity index (χ0v) is 19.5. The van der Waals surface area contributed by atoms with Gasteiger partial charge in [0.05, 0.1) is 0 Å². The summed E-state index contributed by atoms with van der Waals surface area (Å²) in [5.41, 5.74) is 0. The van der Waals surface area contributed by atoms with E-state index in [1.807, 2.05) is 0 Å². The Balaban J connectivity index is 3.66. The maximum atomic E-state index is 6.09. The van der Waals surface area contributed by atoms with Crippen molar-refractivity contribution in [1.29, 1.82) is 0 Å². The van der Waals surface area contributed by atoms with Gasteiger partial charge in [0.25, 0.3) is 0 Å². The van der Waals surface area contributed by atoms with Gasteiger partial charge in [0.2, 0.25) is 0 Å². The van der Waals surface area contributed by atoms with Crippen molar-refractivity contribution in [1.82, 2.24) is 0 Å². The molecule has 1 heteroatoms. The van der Waals surface area contributed by atoms with Crippen LogP contribution in [0, 0.1) is 5.92 Å². The third-order valence-corrected chi connectivity index (χ3v) is 5.93. The number of ether oxygens (including phenoxy) is 1. The molecule has 0 aliphatic carbocycles. The predicted molar refractivity (Wildman–Crippen MR) is 124 cm³/mol. The van der Waals surface area contributed by atoms with E-state index in [1.54, 1.807) is 0 Å². The van der Waals surface area contributed by atoms with Crippen LogP contribution in [-0.4, -0.2) is 13.2 Å². The van der Waals surface area contributed by atoms with Crippen molar-refractivity contribution in [3.05, 3.63) is 0 Å². The highest BCUT2D eigenvalue weighted by molar-refractivity contribution is 4.60. The van der Waals surface area contributed by atoms with Crippen LogP contribution in [0.15, 0.2) is 0 Å². The highest BCUT2D eigenvalue weighted by Gasteiger charge is 2.09. The minimum absolute atomic E-state index is 0.821. The zero-order chi connectivity index (χ0) is 19.8. The second kappa shape index (κ2) is 24.0. The van der Waals surface area contributed by atoms with Crippen LogP contribution in [0.4, 0.5) is 0 Å². The fourth-order valence-electron chi connectivity index (χ4n) is 3.97. The molecule has 0 spiro atoms. The Morgan fingerprint density at radius 3 is 1.30 bits per heavy atom. The largest absolute Gasteiger partial charge is 0.381 e. The first-order chi connectivity index (χ1) is 13.3. The van der Waals surface area contributed by atoms with E-state index in [0.29, 0.717) is 0 Å². The van der Waals surface area contributed by atoms with Crippen LogP contribution < -0.4 is 0 Å². The topological polar surface area (TPSA) is 9.23 Å². The second-order valence-corrected chi connectivity index (χ2v) is 8.82. The molecule has 0 aliphatic rings. The van der Waals surface area contributed by atoms with Crippen LogP contribution >= 0.6 is 0 Å². The summed E-state index contributed by atoms with van der Waals surface area (Å²) >= 11 is 0. The summed E-state index contributed by atoms with van der Waals surface area (Å²) in [5, 5.41) is 0. The van der Waals surface area contributed by atoms with Crippen molar-refractivity contribution in [3.63, 3.8) is 0 Å². The van der Waals surface area contributed by atoms with Crippen LogP contribution in [0.25, 0.3) is 0 Å². The quantitative estimate of drug-likeness (QED) is 0.160. The summed E-state index contributed by atoms with van der Waals surface area (Å²) in [6, 6.07) is 0. The first-order valence-corrected chi connectivity index (χ1v) is 12.9. The van der Waals surface area contributed by atoms with Gasteiger partial charge < -0.3 is 4.74 Å². The van der Waals surface area contributed by atoms with Gasteiger partial charge in [-0.05, 0) is 25.2 Å². The van der Waals surface area contributed by atoms with E-state index in [-0.39, 0.29) is 0 Å². The third kappa shape index (κ3) is 22.1. The minimum Gasteiger partial charge on any atom is -0.381 e. The summed E-state index contributed by atoms with van der Waals surface area (Å²) in [4.78, 5) is 0. The van der Waals surface area contributed by atoms with Crippen LogP contribution in [0.3, 0.4) is 0 Å².